The van der Waals surface area contributed by atoms with E-state index in [2.05, 4.69) is 47.9 Å². The molecule has 1 fully saturated rings. The van der Waals surface area contributed by atoms with E-state index in [4.69, 9.17) is 9.72 Å². The SMILES string of the molecule is COc1ccccc1-n1c(CN2CCN(c3ccc(C)cc3)[C@@H](C)C2)nc2ccccc2c1=O. The highest BCUT2D eigenvalue weighted by molar-refractivity contribution is 5.78. The monoisotopic (exact) mass is 454 g/mol. The Morgan fingerprint density at radius 2 is 1.71 bits per heavy atom. The second-order valence-corrected chi connectivity index (χ2v) is 8.97. The van der Waals surface area contributed by atoms with E-state index in [9.17, 15) is 4.79 Å². The molecule has 1 atom stereocenters. The molecule has 1 aliphatic heterocycles. The van der Waals surface area contributed by atoms with E-state index in [1.54, 1.807) is 11.7 Å². The van der Waals surface area contributed by atoms with Crippen LogP contribution in [-0.2, 0) is 6.54 Å². The lowest BCUT2D eigenvalue weighted by Gasteiger charge is -2.41. The Hall–Kier alpha value is -3.64. The number of anilines is 1. The molecule has 0 spiro atoms. The van der Waals surface area contributed by atoms with Crippen LogP contribution in [0.2, 0.25) is 0 Å². The van der Waals surface area contributed by atoms with Gasteiger partial charge in [-0.25, -0.2) is 4.98 Å². The van der Waals surface area contributed by atoms with Crippen LogP contribution in [0, 0.1) is 6.92 Å². The van der Waals surface area contributed by atoms with Crippen molar-refractivity contribution in [2.45, 2.75) is 26.4 Å². The third-order valence-electron chi connectivity index (χ3n) is 6.61. The van der Waals surface area contributed by atoms with Gasteiger partial charge in [0.25, 0.3) is 5.56 Å². The van der Waals surface area contributed by atoms with E-state index >= 15 is 0 Å². The molecule has 34 heavy (non-hydrogen) atoms. The zero-order valence-corrected chi connectivity index (χ0v) is 19.9. The number of piperazine rings is 1. The molecule has 1 saturated heterocycles. The maximum absolute atomic E-state index is 13.6. The average Bonchev–Trinajstić information content (AvgIpc) is 2.85. The van der Waals surface area contributed by atoms with Crippen molar-refractivity contribution in [1.82, 2.24) is 14.5 Å². The van der Waals surface area contributed by atoms with Crippen LogP contribution in [0.25, 0.3) is 16.6 Å². The van der Waals surface area contributed by atoms with E-state index in [0.717, 1.165) is 36.7 Å². The van der Waals surface area contributed by atoms with E-state index in [-0.39, 0.29) is 5.56 Å². The van der Waals surface area contributed by atoms with Crippen LogP contribution >= 0.6 is 0 Å². The molecule has 0 N–H and O–H groups in total. The zero-order valence-electron chi connectivity index (χ0n) is 19.9. The Morgan fingerprint density at radius 3 is 2.47 bits per heavy atom. The lowest BCUT2D eigenvalue weighted by atomic mass is 10.1. The minimum absolute atomic E-state index is 0.0727. The van der Waals surface area contributed by atoms with Crippen molar-refractivity contribution in [2.75, 3.05) is 31.6 Å². The number of para-hydroxylation sites is 3. The molecule has 0 saturated carbocycles. The molecule has 0 aliphatic carbocycles. The fourth-order valence-electron chi connectivity index (χ4n) is 4.84. The Labute approximate surface area is 200 Å². The molecular weight excluding hydrogens is 424 g/mol. The summed E-state index contributed by atoms with van der Waals surface area (Å²) in [6, 6.07) is 24.3. The molecule has 3 aromatic carbocycles. The van der Waals surface area contributed by atoms with Gasteiger partial charge in [-0.15, -0.1) is 0 Å². The van der Waals surface area contributed by atoms with Crippen LogP contribution in [-0.4, -0.2) is 47.2 Å². The summed E-state index contributed by atoms with van der Waals surface area (Å²) in [5.41, 5.74) is 3.89. The second-order valence-electron chi connectivity index (χ2n) is 8.97. The van der Waals surface area contributed by atoms with Crippen LogP contribution in [0.1, 0.15) is 18.3 Å². The van der Waals surface area contributed by atoms with Gasteiger partial charge in [-0.3, -0.25) is 14.3 Å². The van der Waals surface area contributed by atoms with Crippen LogP contribution in [0.4, 0.5) is 5.69 Å². The third kappa shape index (κ3) is 4.17. The highest BCUT2D eigenvalue weighted by Gasteiger charge is 2.26. The predicted molar refractivity (Wildman–Crippen MR) is 137 cm³/mol. The first kappa shape index (κ1) is 22.2. The number of aromatic nitrogens is 2. The van der Waals surface area contributed by atoms with E-state index in [0.29, 0.717) is 23.7 Å². The van der Waals surface area contributed by atoms with Crippen molar-refractivity contribution in [1.29, 1.82) is 0 Å². The maximum atomic E-state index is 13.6. The van der Waals surface area contributed by atoms with Gasteiger partial charge in [0.2, 0.25) is 0 Å². The summed E-state index contributed by atoms with van der Waals surface area (Å²) in [7, 11) is 1.63. The summed E-state index contributed by atoms with van der Waals surface area (Å²) in [4.78, 5) is 23.4. The van der Waals surface area contributed by atoms with Gasteiger partial charge in [-0.1, -0.05) is 42.0 Å². The lowest BCUT2D eigenvalue weighted by Crippen LogP contribution is -2.52. The number of hydrogen-bond acceptors (Lipinski definition) is 5. The quantitative estimate of drug-likeness (QED) is 0.447. The lowest BCUT2D eigenvalue weighted by molar-refractivity contribution is 0.214. The second kappa shape index (κ2) is 9.31. The largest absolute Gasteiger partial charge is 0.495 e. The highest BCUT2D eigenvalue weighted by atomic mass is 16.5. The number of ether oxygens (including phenoxy) is 1. The standard InChI is InChI=1S/C28H30N4O2/c1-20-12-14-22(15-13-20)31-17-16-30(18-21(31)2)19-27-29-24-9-5-4-8-23(24)28(33)32(27)25-10-6-7-11-26(25)34-3/h4-15,21H,16-19H2,1-3H3/t21-/m0/s1. The first-order valence-electron chi connectivity index (χ1n) is 11.7. The number of methoxy groups -OCH3 is 1. The molecule has 2 heterocycles. The third-order valence-corrected chi connectivity index (χ3v) is 6.61. The van der Waals surface area contributed by atoms with Crippen molar-refractivity contribution >= 4 is 16.6 Å². The zero-order chi connectivity index (χ0) is 23.7. The summed E-state index contributed by atoms with van der Waals surface area (Å²) >= 11 is 0. The molecule has 6 heteroatoms. The highest BCUT2D eigenvalue weighted by Crippen LogP contribution is 2.25. The van der Waals surface area contributed by atoms with Gasteiger partial charge in [0.1, 0.15) is 11.6 Å². The Kier molecular flexibility index (Phi) is 6.07. The summed E-state index contributed by atoms with van der Waals surface area (Å²) < 4.78 is 7.31. The van der Waals surface area contributed by atoms with Crippen molar-refractivity contribution in [3.63, 3.8) is 0 Å². The molecular formula is C28H30N4O2. The van der Waals surface area contributed by atoms with Gasteiger partial charge in [-0.05, 0) is 50.2 Å². The molecule has 1 aliphatic rings. The van der Waals surface area contributed by atoms with E-state index in [1.807, 2.05) is 48.5 Å². The molecule has 0 unspecified atom stereocenters. The van der Waals surface area contributed by atoms with Crippen LogP contribution in [0.3, 0.4) is 0 Å². The fraction of sp³-hybridized carbons (Fsp3) is 0.286. The van der Waals surface area contributed by atoms with Crippen molar-refractivity contribution < 1.29 is 4.74 Å². The molecule has 5 rings (SSSR count). The summed E-state index contributed by atoms with van der Waals surface area (Å²) in [6.45, 7) is 7.67. The Bertz CT molecular complexity index is 1360. The summed E-state index contributed by atoms with van der Waals surface area (Å²) in [5.74, 6) is 1.38. The minimum Gasteiger partial charge on any atom is -0.495 e. The normalized spacial score (nSPS) is 16.7. The summed E-state index contributed by atoms with van der Waals surface area (Å²) in [6.07, 6.45) is 0. The van der Waals surface area contributed by atoms with Crippen LogP contribution in [0.5, 0.6) is 5.75 Å². The van der Waals surface area contributed by atoms with Gasteiger partial charge in [0, 0.05) is 31.4 Å². The predicted octanol–water partition coefficient (Wildman–Crippen LogP) is 4.41. The molecule has 6 nitrogen and oxygen atoms in total. The minimum atomic E-state index is -0.0727. The van der Waals surface area contributed by atoms with Crippen LogP contribution in [0.15, 0.2) is 77.6 Å². The van der Waals surface area contributed by atoms with Gasteiger partial charge < -0.3 is 9.64 Å². The van der Waals surface area contributed by atoms with Crippen molar-refractivity contribution in [3.05, 3.63) is 94.5 Å². The molecule has 174 valence electrons. The number of hydrogen-bond donors (Lipinski definition) is 0. The molecule has 0 amide bonds. The molecule has 4 aromatic rings. The number of nitrogens with zero attached hydrogens (tertiary/aromatic N) is 4. The summed E-state index contributed by atoms with van der Waals surface area (Å²) in [5, 5.41) is 0.606. The first-order valence-corrected chi connectivity index (χ1v) is 11.7. The van der Waals surface area contributed by atoms with Gasteiger partial charge in [0.15, 0.2) is 0 Å². The van der Waals surface area contributed by atoms with Gasteiger partial charge in [-0.2, -0.15) is 0 Å². The fourth-order valence-corrected chi connectivity index (χ4v) is 4.84. The number of fused-ring (bicyclic) bond motifs is 1. The van der Waals surface area contributed by atoms with Crippen molar-refractivity contribution in [2.24, 2.45) is 0 Å². The average molecular weight is 455 g/mol. The van der Waals surface area contributed by atoms with Crippen LogP contribution < -0.4 is 15.2 Å². The first-order chi connectivity index (χ1) is 16.5. The van der Waals surface area contributed by atoms with Crippen molar-refractivity contribution in [3.8, 4) is 11.4 Å². The van der Waals surface area contributed by atoms with E-state index in [1.165, 1.54) is 11.3 Å². The Balaban J connectivity index is 1.49. The van der Waals surface area contributed by atoms with Gasteiger partial charge in [0.05, 0.1) is 30.2 Å². The molecule has 0 radical (unpaired) electrons. The smallest absolute Gasteiger partial charge is 0.266 e. The van der Waals surface area contributed by atoms with E-state index < -0.39 is 0 Å². The maximum Gasteiger partial charge on any atom is 0.266 e. The number of aryl methyl sites for hydroxylation is 1. The van der Waals surface area contributed by atoms with Gasteiger partial charge >= 0.3 is 0 Å². The number of rotatable bonds is 5. The molecule has 1 aromatic heterocycles. The number of benzene rings is 3. The topological polar surface area (TPSA) is 50.6 Å². The molecule has 0 bridgehead atoms. The Morgan fingerprint density at radius 1 is 0.971 bits per heavy atom.